The topological polar surface area (TPSA) is 86.8 Å². The zero-order valence-electron chi connectivity index (χ0n) is 16.3. The Kier molecular flexibility index (Phi) is 7.42. The van der Waals surface area contributed by atoms with Crippen LogP contribution in [0.3, 0.4) is 0 Å². The van der Waals surface area contributed by atoms with Crippen molar-refractivity contribution >= 4 is 39.1 Å². The van der Waals surface area contributed by atoms with Gasteiger partial charge in [-0.1, -0.05) is 22.0 Å². The molecular formula is C21H19BrN2O5S. The molecule has 0 fully saturated rings. The van der Waals surface area contributed by atoms with Crippen LogP contribution in [-0.4, -0.2) is 37.6 Å². The Bertz CT molecular complexity index is 1050. The predicted octanol–water partition coefficient (Wildman–Crippen LogP) is 4.06. The number of amides is 1. The summed E-state index contributed by atoms with van der Waals surface area (Å²) in [5, 5.41) is 5.10. The average Bonchev–Trinajstić information content (AvgIpc) is 3.25. The van der Waals surface area contributed by atoms with Gasteiger partial charge in [-0.25, -0.2) is 4.98 Å². The van der Waals surface area contributed by atoms with E-state index in [2.05, 4.69) is 26.2 Å². The average molecular weight is 491 g/mol. The highest BCUT2D eigenvalue weighted by molar-refractivity contribution is 9.10. The molecule has 3 aromatic rings. The fraction of sp³-hybridized carbons (Fsp3) is 0.190. The van der Waals surface area contributed by atoms with E-state index in [9.17, 15) is 9.59 Å². The standard InChI is InChI=1S/C21H19BrN2O5S/c1-27-16-5-3-4-13(8-16)20(26)23-10-19(25)29-11-15-12-30-21(24-15)17-9-14(22)6-7-18(17)28-2/h3-9,12H,10-11H2,1-2H3,(H,23,26). The lowest BCUT2D eigenvalue weighted by atomic mass is 10.2. The van der Waals surface area contributed by atoms with Crippen molar-refractivity contribution in [2.24, 2.45) is 0 Å². The van der Waals surface area contributed by atoms with Crippen molar-refractivity contribution in [2.45, 2.75) is 6.61 Å². The van der Waals surface area contributed by atoms with Gasteiger partial charge in [0.1, 0.15) is 29.7 Å². The van der Waals surface area contributed by atoms with Crippen LogP contribution in [0.15, 0.2) is 52.3 Å². The number of rotatable bonds is 8. The Morgan fingerprint density at radius 3 is 2.73 bits per heavy atom. The molecule has 3 rings (SSSR count). The van der Waals surface area contributed by atoms with Gasteiger partial charge in [-0.3, -0.25) is 9.59 Å². The third kappa shape index (κ3) is 5.58. The SMILES string of the molecule is COc1cccc(C(=O)NCC(=O)OCc2csc(-c3cc(Br)ccc3OC)n2)c1. The number of hydrogen-bond donors (Lipinski definition) is 1. The lowest BCUT2D eigenvalue weighted by Gasteiger charge is -2.07. The summed E-state index contributed by atoms with van der Waals surface area (Å²) in [7, 11) is 3.12. The van der Waals surface area contributed by atoms with E-state index in [4.69, 9.17) is 14.2 Å². The molecule has 9 heteroatoms. The number of nitrogens with zero attached hydrogens (tertiary/aromatic N) is 1. The monoisotopic (exact) mass is 490 g/mol. The minimum absolute atomic E-state index is 0.0146. The van der Waals surface area contributed by atoms with Gasteiger partial charge in [0.25, 0.3) is 5.91 Å². The fourth-order valence-electron chi connectivity index (χ4n) is 2.57. The van der Waals surface area contributed by atoms with E-state index in [1.807, 2.05) is 23.6 Å². The molecule has 1 N–H and O–H groups in total. The lowest BCUT2D eigenvalue weighted by Crippen LogP contribution is -2.30. The van der Waals surface area contributed by atoms with E-state index >= 15 is 0 Å². The van der Waals surface area contributed by atoms with Crippen LogP contribution in [0.4, 0.5) is 0 Å². The van der Waals surface area contributed by atoms with E-state index in [1.165, 1.54) is 18.4 Å². The minimum Gasteiger partial charge on any atom is -0.497 e. The third-order valence-corrected chi connectivity index (χ3v) is 5.47. The molecule has 0 unspecified atom stereocenters. The Labute approximate surface area is 186 Å². The quantitative estimate of drug-likeness (QED) is 0.479. The number of methoxy groups -OCH3 is 2. The number of halogens is 1. The zero-order valence-corrected chi connectivity index (χ0v) is 18.7. The summed E-state index contributed by atoms with van der Waals surface area (Å²) in [6.45, 7) is -0.229. The fourth-order valence-corrected chi connectivity index (χ4v) is 3.75. The molecule has 0 radical (unpaired) electrons. The largest absolute Gasteiger partial charge is 0.497 e. The second kappa shape index (κ2) is 10.2. The Morgan fingerprint density at radius 2 is 1.97 bits per heavy atom. The van der Waals surface area contributed by atoms with Gasteiger partial charge in [0.05, 0.1) is 25.5 Å². The highest BCUT2D eigenvalue weighted by atomic mass is 79.9. The van der Waals surface area contributed by atoms with Crippen molar-refractivity contribution in [3.05, 3.63) is 63.6 Å². The Balaban J connectivity index is 1.53. The molecule has 30 heavy (non-hydrogen) atoms. The Hall–Kier alpha value is -2.91. The minimum atomic E-state index is -0.555. The van der Waals surface area contributed by atoms with Gasteiger partial charge in [0.2, 0.25) is 0 Å². The third-order valence-electron chi connectivity index (χ3n) is 4.05. The molecule has 0 saturated carbocycles. The summed E-state index contributed by atoms with van der Waals surface area (Å²) in [6, 6.07) is 12.3. The highest BCUT2D eigenvalue weighted by Crippen LogP contribution is 2.34. The number of carbonyl (C=O) groups is 2. The maximum atomic E-state index is 12.1. The number of hydrogen-bond acceptors (Lipinski definition) is 7. The second-order valence-electron chi connectivity index (χ2n) is 6.06. The van der Waals surface area contributed by atoms with Crippen LogP contribution >= 0.6 is 27.3 Å². The maximum absolute atomic E-state index is 12.1. The van der Waals surface area contributed by atoms with Gasteiger partial charge in [0, 0.05) is 15.4 Å². The van der Waals surface area contributed by atoms with E-state index in [-0.39, 0.29) is 19.1 Å². The smallest absolute Gasteiger partial charge is 0.325 e. The molecule has 0 aliphatic rings. The first kappa shape index (κ1) is 21.8. The van der Waals surface area contributed by atoms with Gasteiger partial charge < -0.3 is 19.5 Å². The summed E-state index contributed by atoms with van der Waals surface area (Å²) >= 11 is 4.87. The van der Waals surface area contributed by atoms with Crippen molar-refractivity contribution in [1.29, 1.82) is 0 Å². The molecule has 1 aromatic heterocycles. The number of ether oxygens (including phenoxy) is 3. The van der Waals surface area contributed by atoms with Gasteiger partial charge in [-0.2, -0.15) is 0 Å². The summed E-state index contributed by atoms with van der Waals surface area (Å²) < 4.78 is 16.6. The van der Waals surface area contributed by atoms with Gasteiger partial charge >= 0.3 is 5.97 Å². The summed E-state index contributed by atoms with van der Waals surface area (Å²) in [5.41, 5.74) is 1.86. The van der Waals surface area contributed by atoms with Crippen LogP contribution in [-0.2, 0) is 16.1 Å². The summed E-state index contributed by atoms with van der Waals surface area (Å²) in [4.78, 5) is 28.6. The molecular weight excluding hydrogens is 472 g/mol. The van der Waals surface area contributed by atoms with Crippen LogP contribution in [0, 0.1) is 0 Å². The van der Waals surface area contributed by atoms with Crippen molar-refractivity contribution in [2.75, 3.05) is 20.8 Å². The summed E-state index contributed by atoms with van der Waals surface area (Å²) in [5.74, 6) is 0.326. The number of esters is 1. The molecule has 0 saturated heterocycles. The number of benzene rings is 2. The van der Waals surface area contributed by atoms with E-state index < -0.39 is 5.97 Å². The molecule has 0 bridgehead atoms. The van der Waals surface area contributed by atoms with Gasteiger partial charge in [-0.05, 0) is 36.4 Å². The van der Waals surface area contributed by atoms with Crippen molar-refractivity contribution in [3.63, 3.8) is 0 Å². The van der Waals surface area contributed by atoms with Crippen molar-refractivity contribution in [3.8, 4) is 22.1 Å². The van der Waals surface area contributed by atoms with Crippen molar-refractivity contribution < 1.29 is 23.8 Å². The molecule has 2 aromatic carbocycles. The van der Waals surface area contributed by atoms with Crippen LogP contribution in [0.1, 0.15) is 16.1 Å². The molecule has 0 atom stereocenters. The number of thiazole rings is 1. The first-order chi connectivity index (χ1) is 14.5. The molecule has 0 spiro atoms. The van der Waals surface area contributed by atoms with Crippen molar-refractivity contribution in [1.82, 2.24) is 10.3 Å². The molecule has 7 nitrogen and oxygen atoms in total. The van der Waals surface area contributed by atoms with Crippen LogP contribution in [0.25, 0.3) is 10.6 Å². The number of carbonyl (C=O) groups excluding carboxylic acids is 2. The predicted molar refractivity (Wildman–Crippen MR) is 117 cm³/mol. The lowest BCUT2D eigenvalue weighted by molar-refractivity contribution is -0.143. The van der Waals surface area contributed by atoms with Crippen LogP contribution in [0.2, 0.25) is 0 Å². The second-order valence-corrected chi connectivity index (χ2v) is 7.84. The van der Waals surface area contributed by atoms with Gasteiger partial charge in [-0.15, -0.1) is 11.3 Å². The van der Waals surface area contributed by atoms with E-state index in [1.54, 1.807) is 31.4 Å². The molecule has 1 amide bonds. The first-order valence-corrected chi connectivity index (χ1v) is 10.5. The van der Waals surface area contributed by atoms with E-state index in [0.29, 0.717) is 22.8 Å². The number of aromatic nitrogens is 1. The summed E-state index contributed by atoms with van der Waals surface area (Å²) in [6.07, 6.45) is 0. The normalized spacial score (nSPS) is 10.4. The van der Waals surface area contributed by atoms with Crippen LogP contribution < -0.4 is 14.8 Å². The van der Waals surface area contributed by atoms with E-state index in [0.717, 1.165) is 15.0 Å². The maximum Gasteiger partial charge on any atom is 0.325 e. The molecule has 0 aliphatic carbocycles. The highest BCUT2D eigenvalue weighted by Gasteiger charge is 2.13. The molecule has 156 valence electrons. The number of nitrogens with one attached hydrogen (secondary N) is 1. The molecule has 1 heterocycles. The first-order valence-electron chi connectivity index (χ1n) is 8.86. The molecule has 0 aliphatic heterocycles. The Morgan fingerprint density at radius 1 is 1.13 bits per heavy atom. The zero-order chi connectivity index (χ0) is 21.5. The van der Waals surface area contributed by atoms with Gasteiger partial charge in [0.15, 0.2) is 0 Å². The van der Waals surface area contributed by atoms with Crippen LogP contribution in [0.5, 0.6) is 11.5 Å².